The first-order valence-electron chi connectivity index (χ1n) is 8.22. The predicted octanol–water partition coefficient (Wildman–Crippen LogP) is 3.94. The molecule has 2 aromatic carbocycles. The number of phenolic OH excluding ortho intramolecular Hbond substituents is 1. The highest BCUT2D eigenvalue weighted by Gasteiger charge is 2.21. The molecule has 0 unspecified atom stereocenters. The minimum absolute atomic E-state index is 0.0319. The molecule has 3 N–H and O–H groups in total. The fourth-order valence-corrected chi connectivity index (χ4v) is 2.39. The van der Waals surface area contributed by atoms with Crippen LogP contribution in [0, 0.1) is 15.9 Å². The maximum absolute atomic E-state index is 12.9. The lowest BCUT2D eigenvalue weighted by atomic mass is 10.1. The number of nitrogens with zero attached hydrogens (tertiary/aromatic N) is 2. The van der Waals surface area contributed by atoms with Crippen LogP contribution in [0.2, 0.25) is 0 Å². The first kappa shape index (κ1) is 21.0. The summed E-state index contributed by atoms with van der Waals surface area (Å²) in [5.41, 5.74) is 3.25. The highest BCUT2D eigenvalue weighted by atomic mass is 32.1. The van der Waals surface area contributed by atoms with Crippen molar-refractivity contribution >= 4 is 34.4 Å². The van der Waals surface area contributed by atoms with Crippen LogP contribution >= 0.6 is 12.2 Å². The topological polar surface area (TPSA) is 109 Å². The number of hydrazone groups is 1. The molecule has 148 valence electrons. The number of nitrogens with one attached hydrogen (secondary N) is 2. The van der Waals surface area contributed by atoms with Gasteiger partial charge in [0.2, 0.25) is 5.75 Å². The maximum atomic E-state index is 12.9. The smallest absolute Gasteiger partial charge is 0.311 e. The van der Waals surface area contributed by atoms with Gasteiger partial charge in [0, 0.05) is 23.4 Å². The Balaban J connectivity index is 2.18. The number of ether oxygens (including phenoxy) is 1. The average Bonchev–Trinajstić information content (AvgIpc) is 2.61. The first-order valence-corrected chi connectivity index (χ1v) is 8.63. The lowest BCUT2D eigenvalue weighted by molar-refractivity contribution is -0.386. The molecule has 0 spiro atoms. The Bertz CT molecular complexity index is 917. The summed E-state index contributed by atoms with van der Waals surface area (Å²) in [6.45, 7) is 5.00. The van der Waals surface area contributed by atoms with Crippen LogP contribution in [0.4, 0.5) is 15.8 Å². The molecule has 0 radical (unpaired) electrons. The Morgan fingerprint density at radius 2 is 1.96 bits per heavy atom. The highest BCUT2D eigenvalue weighted by molar-refractivity contribution is 7.80. The zero-order valence-electron chi connectivity index (χ0n) is 15.4. The average molecular weight is 406 g/mol. The number of nitro benzene ring substituents is 1. The molecule has 2 aromatic rings. The predicted molar refractivity (Wildman–Crippen MR) is 108 cm³/mol. The van der Waals surface area contributed by atoms with E-state index < -0.39 is 4.92 Å². The molecule has 0 aliphatic rings. The Labute approximate surface area is 166 Å². The van der Waals surface area contributed by atoms with Crippen molar-refractivity contribution in [3.05, 3.63) is 57.9 Å². The van der Waals surface area contributed by atoms with Crippen molar-refractivity contribution in [3.63, 3.8) is 0 Å². The van der Waals surface area contributed by atoms with Crippen LogP contribution in [-0.4, -0.2) is 27.0 Å². The molecular weight excluding hydrogens is 387 g/mol. The van der Waals surface area contributed by atoms with Gasteiger partial charge in [-0.15, -0.1) is 0 Å². The number of anilines is 1. The van der Waals surface area contributed by atoms with Crippen molar-refractivity contribution in [1.29, 1.82) is 0 Å². The zero-order valence-corrected chi connectivity index (χ0v) is 16.2. The molecule has 0 aliphatic carbocycles. The molecule has 0 saturated carbocycles. The molecule has 0 aromatic heterocycles. The molecule has 0 saturated heterocycles. The van der Waals surface area contributed by atoms with Crippen LogP contribution in [0.5, 0.6) is 11.5 Å². The van der Waals surface area contributed by atoms with E-state index in [4.69, 9.17) is 17.0 Å². The zero-order chi connectivity index (χ0) is 20.8. The van der Waals surface area contributed by atoms with E-state index in [0.717, 1.165) is 0 Å². The van der Waals surface area contributed by atoms with Crippen molar-refractivity contribution in [1.82, 2.24) is 5.43 Å². The summed E-state index contributed by atoms with van der Waals surface area (Å²) in [4.78, 5) is 10.7. The third kappa shape index (κ3) is 5.61. The van der Waals surface area contributed by atoms with E-state index in [0.29, 0.717) is 5.69 Å². The summed E-state index contributed by atoms with van der Waals surface area (Å²) >= 11 is 5.09. The highest BCUT2D eigenvalue weighted by Crippen LogP contribution is 2.35. The van der Waals surface area contributed by atoms with Gasteiger partial charge >= 0.3 is 5.69 Å². The van der Waals surface area contributed by atoms with Crippen LogP contribution in [0.25, 0.3) is 0 Å². The van der Waals surface area contributed by atoms with Gasteiger partial charge in [-0.1, -0.05) is 0 Å². The van der Waals surface area contributed by atoms with Gasteiger partial charge in [0.1, 0.15) is 11.6 Å². The van der Waals surface area contributed by atoms with E-state index in [2.05, 4.69) is 15.8 Å². The van der Waals surface area contributed by atoms with Crippen molar-refractivity contribution in [2.24, 2.45) is 5.10 Å². The lowest BCUT2D eigenvalue weighted by Gasteiger charge is -2.13. The minimum Gasteiger partial charge on any atom is -0.507 e. The fraction of sp³-hybridized carbons (Fsp3) is 0.222. The van der Waals surface area contributed by atoms with Crippen molar-refractivity contribution in [2.45, 2.75) is 26.9 Å². The lowest BCUT2D eigenvalue weighted by Crippen LogP contribution is -2.25. The second-order valence-electron chi connectivity index (χ2n) is 6.03. The number of halogens is 1. The third-order valence-corrected chi connectivity index (χ3v) is 3.65. The molecule has 0 atom stereocenters. The molecule has 0 aliphatic heterocycles. The summed E-state index contributed by atoms with van der Waals surface area (Å²) in [5, 5.41) is 28.5. The third-order valence-electron chi connectivity index (χ3n) is 3.45. The van der Waals surface area contributed by atoms with Gasteiger partial charge in [-0.3, -0.25) is 15.5 Å². The number of phenols is 1. The van der Waals surface area contributed by atoms with Gasteiger partial charge in [0.15, 0.2) is 5.11 Å². The monoisotopic (exact) mass is 406 g/mol. The first-order chi connectivity index (χ1) is 13.2. The number of nitro groups is 1. The van der Waals surface area contributed by atoms with Gasteiger partial charge < -0.3 is 15.2 Å². The van der Waals surface area contributed by atoms with Crippen LogP contribution < -0.4 is 15.5 Å². The van der Waals surface area contributed by atoms with E-state index in [9.17, 15) is 19.6 Å². The summed E-state index contributed by atoms with van der Waals surface area (Å²) in [6, 6.07) is 7.92. The number of hydrogen-bond acceptors (Lipinski definition) is 6. The number of hydrogen-bond donors (Lipinski definition) is 3. The number of rotatable bonds is 6. The van der Waals surface area contributed by atoms with Gasteiger partial charge in [-0.05, 0) is 57.3 Å². The van der Waals surface area contributed by atoms with E-state index in [1.165, 1.54) is 36.4 Å². The molecule has 28 heavy (non-hydrogen) atoms. The minimum atomic E-state index is -0.595. The maximum Gasteiger partial charge on any atom is 0.311 e. The van der Waals surface area contributed by atoms with E-state index in [1.54, 1.807) is 20.8 Å². The van der Waals surface area contributed by atoms with Crippen LogP contribution in [0.15, 0.2) is 41.5 Å². The van der Waals surface area contributed by atoms with Crippen molar-refractivity contribution < 1.29 is 19.2 Å². The summed E-state index contributed by atoms with van der Waals surface area (Å²) in [5.74, 6) is -0.627. The number of benzene rings is 2. The number of aromatic hydroxyl groups is 1. The van der Waals surface area contributed by atoms with Gasteiger partial charge in [-0.25, -0.2) is 4.39 Å². The second kappa shape index (κ2) is 9.09. The molecular formula is C18H19FN4O4S. The standard InChI is InChI=1S/C18H19FN4O4S/c1-10(2)27-17-9-16(24)14(8-15(17)23(25)26)11(3)21-22-18(28)20-13-6-4-12(19)5-7-13/h4-10,24H,1-3H3,(H2,20,22,28)/b21-11+. The van der Waals surface area contributed by atoms with E-state index in [-0.39, 0.29) is 45.5 Å². The Morgan fingerprint density at radius 3 is 2.54 bits per heavy atom. The quantitative estimate of drug-likeness (QED) is 0.289. The molecule has 2 rings (SSSR count). The Hall–Kier alpha value is -3.27. The molecule has 0 fully saturated rings. The molecule has 0 heterocycles. The molecule has 10 heteroatoms. The largest absolute Gasteiger partial charge is 0.507 e. The molecule has 0 bridgehead atoms. The van der Waals surface area contributed by atoms with E-state index in [1.807, 2.05) is 0 Å². The summed E-state index contributed by atoms with van der Waals surface area (Å²) < 4.78 is 18.3. The second-order valence-corrected chi connectivity index (χ2v) is 6.44. The summed E-state index contributed by atoms with van der Waals surface area (Å²) in [7, 11) is 0. The molecule has 0 amide bonds. The Kier molecular flexibility index (Phi) is 6.83. The van der Waals surface area contributed by atoms with Crippen LogP contribution in [0.1, 0.15) is 26.3 Å². The normalized spacial score (nSPS) is 11.2. The van der Waals surface area contributed by atoms with Crippen molar-refractivity contribution in [3.8, 4) is 11.5 Å². The van der Waals surface area contributed by atoms with Crippen LogP contribution in [-0.2, 0) is 0 Å². The number of thiocarbonyl (C=S) groups is 1. The summed E-state index contributed by atoms with van der Waals surface area (Å²) in [6.07, 6.45) is -0.296. The van der Waals surface area contributed by atoms with Gasteiger partial charge in [0.05, 0.1) is 16.7 Å². The fourth-order valence-electron chi connectivity index (χ4n) is 2.23. The van der Waals surface area contributed by atoms with Gasteiger partial charge in [0.25, 0.3) is 0 Å². The van der Waals surface area contributed by atoms with Crippen LogP contribution in [0.3, 0.4) is 0 Å². The van der Waals surface area contributed by atoms with E-state index >= 15 is 0 Å². The van der Waals surface area contributed by atoms with Crippen molar-refractivity contribution in [2.75, 3.05) is 5.32 Å². The SMILES string of the molecule is C/C(=N\NC(=S)Nc1ccc(F)cc1)c1cc([N+](=O)[O-])c(OC(C)C)cc1O. The molecule has 8 nitrogen and oxygen atoms in total. The van der Waals surface area contributed by atoms with Gasteiger partial charge in [-0.2, -0.15) is 5.10 Å². The Morgan fingerprint density at radius 1 is 1.32 bits per heavy atom.